The van der Waals surface area contributed by atoms with E-state index < -0.39 is 5.91 Å². The number of nitrogens with one attached hydrogen (secondary N) is 1. The van der Waals surface area contributed by atoms with Crippen LogP contribution in [0.25, 0.3) is 0 Å². The van der Waals surface area contributed by atoms with Crippen LogP contribution in [0.15, 0.2) is 78.2 Å². The summed E-state index contributed by atoms with van der Waals surface area (Å²) in [6.45, 7) is -0.0469. The third-order valence-electron chi connectivity index (χ3n) is 4.59. The van der Waals surface area contributed by atoms with Crippen LogP contribution >= 0.6 is 0 Å². The molecule has 4 rings (SSSR count). The molecule has 1 aliphatic rings. The van der Waals surface area contributed by atoms with E-state index in [1.165, 1.54) is 10.9 Å². The van der Waals surface area contributed by atoms with Gasteiger partial charge in [0, 0.05) is 12.6 Å². The second-order valence-electron chi connectivity index (χ2n) is 6.70. The first kappa shape index (κ1) is 18.4. The first-order valence-corrected chi connectivity index (χ1v) is 9.19. The van der Waals surface area contributed by atoms with Crippen molar-refractivity contribution < 1.29 is 9.59 Å². The van der Waals surface area contributed by atoms with Crippen LogP contribution in [0.4, 0.5) is 11.4 Å². The van der Waals surface area contributed by atoms with Crippen LogP contribution in [0.5, 0.6) is 0 Å². The Morgan fingerprint density at radius 1 is 1.07 bits per heavy atom. The maximum Gasteiger partial charge on any atom is 0.272 e. The van der Waals surface area contributed by atoms with E-state index in [0.29, 0.717) is 17.8 Å². The highest BCUT2D eigenvalue weighted by atomic mass is 16.2. The average molecular weight is 388 g/mol. The molecule has 2 aromatic carbocycles. The van der Waals surface area contributed by atoms with Crippen molar-refractivity contribution in [3.63, 3.8) is 0 Å². The maximum absolute atomic E-state index is 12.8. The van der Waals surface area contributed by atoms with Gasteiger partial charge >= 0.3 is 0 Å². The summed E-state index contributed by atoms with van der Waals surface area (Å²) in [5.41, 5.74) is 8.06. The van der Waals surface area contributed by atoms with Crippen LogP contribution in [0.1, 0.15) is 18.0 Å². The number of hydrazone groups is 1. The number of nitrogens with two attached hydrogens (primary N) is 1. The van der Waals surface area contributed by atoms with E-state index in [-0.39, 0.29) is 18.5 Å². The van der Waals surface area contributed by atoms with E-state index >= 15 is 0 Å². The van der Waals surface area contributed by atoms with Gasteiger partial charge in [-0.1, -0.05) is 48.5 Å². The normalized spacial score (nSPS) is 15.8. The average Bonchev–Trinajstić information content (AvgIpc) is 3.36. The predicted octanol–water partition coefficient (Wildman–Crippen LogP) is 2.31. The Labute approximate surface area is 167 Å². The third-order valence-corrected chi connectivity index (χ3v) is 4.59. The van der Waals surface area contributed by atoms with Crippen molar-refractivity contribution in [3.8, 4) is 0 Å². The summed E-state index contributed by atoms with van der Waals surface area (Å²) in [7, 11) is 0. The monoisotopic (exact) mass is 388 g/mol. The second-order valence-corrected chi connectivity index (χ2v) is 6.70. The van der Waals surface area contributed by atoms with Gasteiger partial charge in [-0.3, -0.25) is 19.3 Å². The molecule has 0 saturated carbocycles. The van der Waals surface area contributed by atoms with Crippen LogP contribution in [-0.2, 0) is 16.1 Å². The number of aromatic nitrogens is 2. The summed E-state index contributed by atoms with van der Waals surface area (Å²) in [5, 5.41) is 13.3. The largest absolute Gasteiger partial charge is 0.368 e. The molecule has 0 radical (unpaired) electrons. The topological polar surface area (TPSA) is 106 Å². The molecule has 1 unspecified atom stereocenters. The lowest BCUT2D eigenvalue weighted by Crippen LogP contribution is -2.22. The minimum absolute atomic E-state index is 0.0469. The highest BCUT2D eigenvalue weighted by Gasteiger charge is 2.32. The molecule has 1 aromatic heterocycles. The van der Waals surface area contributed by atoms with Crippen molar-refractivity contribution in [1.29, 1.82) is 0 Å². The van der Waals surface area contributed by atoms with Crippen LogP contribution < -0.4 is 16.1 Å². The Morgan fingerprint density at radius 3 is 2.45 bits per heavy atom. The van der Waals surface area contributed by atoms with Gasteiger partial charge in [0.1, 0.15) is 12.3 Å². The number of primary amides is 1. The fourth-order valence-electron chi connectivity index (χ4n) is 3.28. The zero-order valence-electron chi connectivity index (χ0n) is 15.6. The molecular weight excluding hydrogens is 368 g/mol. The van der Waals surface area contributed by atoms with Gasteiger partial charge in [0.25, 0.3) is 5.91 Å². The fraction of sp³-hybridized carbons (Fsp3) is 0.143. The summed E-state index contributed by atoms with van der Waals surface area (Å²) < 4.78 is 1.37. The van der Waals surface area contributed by atoms with Crippen molar-refractivity contribution in [2.24, 2.45) is 10.8 Å². The van der Waals surface area contributed by atoms with Gasteiger partial charge in [0.2, 0.25) is 5.91 Å². The molecule has 29 heavy (non-hydrogen) atoms. The van der Waals surface area contributed by atoms with E-state index in [0.717, 1.165) is 11.3 Å². The van der Waals surface area contributed by atoms with Crippen LogP contribution in [0.2, 0.25) is 0 Å². The van der Waals surface area contributed by atoms with Gasteiger partial charge < -0.3 is 11.1 Å². The zero-order valence-corrected chi connectivity index (χ0v) is 15.6. The SMILES string of the molecule is NC(=O)Cn1cc(NC(=O)C2=NN(c3ccccc3)C(c3ccccc3)C2)cn1. The Balaban J connectivity index is 1.56. The summed E-state index contributed by atoms with van der Waals surface area (Å²) in [4.78, 5) is 23.8. The molecule has 0 fully saturated rings. The highest BCUT2D eigenvalue weighted by Crippen LogP contribution is 2.35. The number of amides is 2. The maximum atomic E-state index is 12.8. The van der Waals surface area contributed by atoms with E-state index in [1.807, 2.05) is 65.7 Å². The van der Waals surface area contributed by atoms with Crippen molar-refractivity contribution in [1.82, 2.24) is 9.78 Å². The molecule has 1 atom stereocenters. The molecule has 3 aromatic rings. The molecule has 8 nitrogen and oxygen atoms in total. The quantitative estimate of drug-likeness (QED) is 0.676. The number of nitrogens with zero attached hydrogens (tertiary/aromatic N) is 4. The van der Waals surface area contributed by atoms with E-state index in [4.69, 9.17) is 5.73 Å². The number of para-hydroxylation sites is 1. The molecule has 0 aliphatic carbocycles. The summed E-state index contributed by atoms with van der Waals surface area (Å²) >= 11 is 0. The molecule has 0 bridgehead atoms. The fourth-order valence-corrected chi connectivity index (χ4v) is 3.28. The van der Waals surface area contributed by atoms with Crippen molar-refractivity contribution in [3.05, 3.63) is 78.6 Å². The van der Waals surface area contributed by atoms with Gasteiger partial charge in [-0.25, -0.2) is 0 Å². The van der Waals surface area contributed by atoms with Crippen molar-refractivity contribution >= 4 is 28.9 Å². The Kier molecular flexibility index (Phi) is 5.07. The van der Waals surface area contributed by atoms with Gasteiger partial charge in [-0.2, -0.15) is 10.2 Å². The molecular formula is C21H20N6O2. The number of rotatable bonds is 6. The second kappa shape index (κ2) is 7.97. The van der Waals surface area contributed by atoms with Gasteiger partial charge in [0.15, 0.2) is 0 Å². The van der Waals surface area contributed by atoms with Crippen molar-refractivity contribution in [2.45, 2.75) is 19.0 Å². The number of carbonyl (C=O) groups is 2. The molecule has 2 amide bonds. The number of benzene rings is 2. The number of hydrogen-bond donors (Lipinski definition) is 2. The summed E-state index contributed by atoms with van der Waals surface area (Å²) in [5.74, 6) is -0.807. The first-order chi connectivity index (χ1) is 14.1. The van der Waals surface area contributed by atoms with Crippen LogP contribution in [-0.4, -0.2) is 27.3 Å². The van der Waals surface area contributed by atoms with E-state index in [9.17, 15) is 9.59 Å². The van der Waals surface area contributed by atoms with E-state index in [1.54, 1.807) is 6.20 Å². The number of anilines is 2. The minimum atomic E-state index is -0.504. The van der Waals surface area contributed by atoms with Gasteiger partial charge in [-0.05, 0) is 17.7 Å². The Bertz CT molecular complexity index is 1050. The van der Waals surface area contributed by atoms with Crippen LogP contribution in [0.3, 0.4) is 0 Å². The summed E-state index contributed by atoms with van der Waals surface area (Å²) in [6, 6.07) is 19.7. The highest BCUT2D eigenvalue weighted by molar-refractivity contribution is 6.43. The standard InChI is InChI=1S/C21H20N6O2/c22-20(28)14-26-13-16(12-23-26)24-21(29)18-11-19(15-7-3-1-4-8-15)27(25-18)17-9-5-2-6-10-17/h1-10,12-13,19H,11,14H2,(H2,22,28)(H,24,29). The Hall–Kier alpha value is -3.94. The number of hydrogen-bond acceptors (Lipinski definition) is 5. The molecule has 2 heterocycles. The third kappa shape index (κ3) is 4.16. The lowest BCUT2D eigenvalue weighted by Gasteiger charge is -2.23. The zero-order chi connectivity index (χ0) is 20.2. The van der Waals surface area contributed by atoms with E-state index in [2.05, 4.69) is 15.5 Å². The molecule has 0 spiro atoms. The van der Waals surface area contributed by atoms with Crippen LogP contribution in [0, 0.1) is 0 Å². The molecule has 8 heteroatoms. The molecule has 3 N–H and O–H groups in total. The summed E-state index contributed by atoms with van der Waals surface area (Å²) in [6.07, 6.45) is 3.50. The Morgan fingerprint density at radius 2 is 1.76 bits per heavy atom. The first-order valence-electron chi connectivity index (χ1n) is 9.19. The van der Waals surface area contributed by atoms with Gasteiger partial charge in [0.05, 0.1) is 23.6 Å². The lowest BCUT2D eigenvalue weighted by molar-refractivity contribution is -0.118. The van der Waals surface area contributed by atoms with Crippen molar-refractivity contribution in [2.75, 3.05) is 10.3 Å². The molecule has 146 valence electrons. The van der Waals surface area contributed by atoms with Gasteiger partial charge in [-0.15, -0.1) is 0 Å². The molecule has 0 saturated heterocycles. The smallest absolute Gasteiger partial charge is 0.272 e. The minimum Gasteiger partial charge on any atom is -0.368 e. The lowest BCUT2D eigenvalue weighted by atomic mass is 10.0. The number of carbonyl (C=O) groups excluding carboxylic acids is 2. The molecule has 1 aliphatic heterocycles. The predicted molar refractivity (Wildman–Crippen MR) is 110 cm³/mol.